The average molecular weight is 361 g/mol. The number of piperidine rings is 1. The third-order valence-electron chi connectivity index (χ3n) is 5.65. The number of benzene rings is 2. The van der Waals surface area contributed by atoms with Crippen molar-refractivity contribution < 1.29 is 4.79 Å². The Bertz CT molecular complexity index is 824. The Morgan fingerprint density at radius 1 is 1.07 bits per heavy atom. The van der Waals surface area contributed by atoms with E-state index in [1.165, 1.54) is 56.5 Å². The van der Waals surface area contributed by atoms with Crippen LogP contribution in [0.4, 0.5) is 5.69 Å². The second-order valence-electron chi connectivity index (χ2n) is 7.94. The van der Waals surface area contributed by atoms with Gasteiger partial charge in [0.25, 0.3) is 5.91 Å². The van der Waals surface area contributed by atoms with Gasteiger partial charge in [0.15, 0.2) is 0 Å². The van der Waals surface area contributed by atoms with Crippen molar-refractivity contribution in [3.63, 3.8) is 0 Å². The molecule has 1 aliphatic carbocycles. The molecule has 1 saturated carbocycles. The summed E-state index contributed by atoms with van der Waals surface area (Å²) >= 11 is 0. The molecule has 0 atom stereocenters. The van der Waals surface area contributed by atoms with Gasteiger partial charge < -0.3 is 10.2 Å². The third kappa shape index (κ3) is 4.86. The molecule has 3 nitrogen and oxygen atoms in total. The van der Waals surface area contributed by atoms with Crippen molar-refractivity contribution in [3.05, 3.63) is 70.8 Å². The van der Waals surface area contributed by atoms with Crippen molar-refractivity contribution in [2.45, 2.75) is 32.6 Å². The second kappa shape index (κ2) is 8.10. The summed E-state index contributed by atoms with van der Waals surface area (Å²) in [4.78, 5) is 15.1. The summed E-state index contributed by atoms with van der Waals surface area (Å²) < 4.78 is 0. The highest BCUT2D eigenvalue weighted by atomic mass is 16.1. The van der Waals surface area contributed by atoms with E-state index in [2.05, 4.69) is 28.4 Å². The van der Waals surface area contributed by atoms with Crippen LogP contribution in [0.3, 0.4) is 0 Å². The van der Waals surface area contributed by atoms with Crippen LogP contribution in [-0.2, 0) is 0 Å². The fraction of sp³-hybridized carbons (Fsp3) is 0.375. The molecule has 1 amide bonds. The molecule has 0 aromatic heterocycles. The van der Waals surface area contributed by atoms with Gasteiger partial charge in [-0.15, -0.1) is 0 Å². The number of aryl methyl sites for hydroxylation is 1. The summed E-state index contributed by atoms with van der Waals surface area (Å²) in [6, 6.07) is 15.8. The molecule has 0 spiro atoms. The van der Waals surface area contributed by atoms with Crippen LogP contribution in [0.2, 0.25) is 0 Å². The Kier molecular flexibility index (Phi) is 5.40. The maximum Gasteiger partial charge on any atom is 0.255 e. The number of nitrogens with zero attached hydrogens (tertiary/aromatic N) is 1. The Morgan fingerprint density at radius 2 is 1.78 bits per heavy atom. The topological polar surface area (TPSA) is 32.3 Å². The van der Waals surface area contributed by atoms with Gasteiger partial charge in [0.2, 0.25) is 0 Å². The number of likely N-dealkylation sites (tertiary alicyclic amines) is 1. The van der Waals surface area contributed by atoms with Gasteiger partial charge in [-0.2, -0.15) is 0 Å². The highest BCUT2D eigenvalue weighted by Gasteiger charge is 2.25. The van der Waals surface area contributed by atoms with Crippen LogP contribution in [0.5, 0.6) is 0 Å². The standard InChI is InChI=1S/C24H28N2O/c1-18-4-2-3-5-23(18)25-24(27)22-10-8-19(9-11-22)16-20-12-14-26(15-13-20)17-21-6-7-21/h2-5,8-11,16,21H,6-7,12-15,17H2,1H3,(H,25,27). The molecule has 1 N–H and O–H groups in total. The van der Waals surface area contributed by atoms with Crippen molar-refractivity contribution in [2.75, 3.05) is 25.0 Å². The highest BCUT2D eigenvalue weighted by molar-refractivity contribution is 6.04. The molecule has 3 heteroatoms. The second-order valence-corrected chi connectivity index (χ2v) is 7.94. The van der Waals surface area contributed by atoms with Gasteiger partial charge >= 0.3 is 0 Å². The van der Waals surface area contributed by atoms with Crippen molar-refractivity contribution in [1.29, 1.82) is 0 Å². The Hall–Kier alpha value is -2.39. The number of hydrogen-bond donors (Lipinski definition) is 1. The van der Waals surface area contributed by atoms with E-state index in [1.54, 1.807) is 0 Å². The van der Waals surface area contributed by atoms with Crippen LogP contribution in [0, 0.1) is 12.8 Å². The summed E-state index contributed by atoms with van der Waals surface area (Å²) in [5.74, 6) is 0.922. The van der Waals surface area contributed by atoms with E-state index in [-0.39, 0.29) is 5.91 Å². The number of nitrogens with one attached hydrogen (secondary N) is 1. The normalized spacial score (nSPS) is 17.6. The molecule has 1 heterocycles. The number of carbonyl (C=O) groups is 1. The summed E-state index contributed by atoms with van der Waals surface area (Å²) in [6.07, 6.45) is 7.51. The predicted molar refractivity (Wildman–Crippen MR) is 112 cm³/mol. The van der Waals surface area contributed by atoms with E-state index >= 15 is 0 Å². The molecule has 0 radical (unpaired) electrons. The summed E-state index contributed by atoms with van der Waals surface area (Å²) in [5, 5.41) is 2.99. The van der Waals surface area contributed by atoms with Crippen molar-refractivity contribution in [3.8, 4) is 0 Å². The first-order chi connectivity index (χ1) is 13.2. The molecule has 1 saturated heterocycles. The molecule has 2 aromatic carbocycles. The molecule has 0 bridgehead atoms. The SMILES string of the molecule is Cc1ccccc1NC(=O)c1ccc(C=C2CCN(CC3CC3)CC2)cc1. The van der Waals surface area contributed by atoms with E-state index < -0.39 is 0 Å². The molecule has 2 aliphatic rings. The van der Waals surface area contributed by atoms with Crippen LogP contribution in [0.1, 0.15) is 47.2 Å². The Labute approximate surface area is 162 Å². The van der Waals surface area contributed by atoms with E-state index in [1.807, 2.05) is 43.3 Å². The van der Waals surface area contributed by atoms with Crippen molar-refractivity contribution in [2.24, 2.45) is 5.92 Å². The first kappa shape index (κ1) is 18.0. The van der Waals surface area contributed by atoms with E-state index in [4.69, 9.17) is 0 Å². The summed E-state index contributed by atoms with van der Waals surface area (Å²) in [5.41, 5.74) is 5.35. The zero-order valence-electron chi connectivity index (χ0n) is 16.1. The summed E-state index contributed by atoms with van der Waals surface area (Å²) in [7, 11) is 0. The van der Waals surface area contributed by atoms with Gasteiger partial charge in [0, 0.05) is 30.9 Å². The minimum absolute atomic E-state index is 0.0584. The number of amides is 1. The smallest absolute Gasteiger partial charge is 0.255 e. The highest BCUT2D eigenvalue weighted by Crippen LogP contribution is 2.31. The van der Waals surface area contributed by atoms with Gasteiger partial charge in [-0.25, -0.2) is 0 Å². The quantitative estimate of drug-likeness (QED) is 0.801. The zero-order valence-corrected chi connectivity index (χ0v) is 16.1. The Balaban J connectivity index is 1.34. The lowest BCUT2D eigenvalue weighted by Gasteiger charge is -2.28. The number of rotatable bonds is 5. The van der Waals surface area contributed by atoms with E-state index in [0.29, 0.717) is 5.56 Å². The van der Waals surface area contributed by atoms with Crippen LogP contribution < -0.4 is 5.32 Å². The largest absolute Gasteiger partial charge is 0.322 e. The van der Waals surface area contributed by atoms with Crippen molar-refractivity contribution >= 4 is 17.7 Å². The van der Waals surface area contributed by atoms with E-state index in [9.17, 15) is 4.79 Å². The average Bonchev–Trinajstić information content (AvgIpc) is 3.50. The van der Waals surface area contributed by atoms with E-state index in [0.717, 1.165) is 17.2 Å². The molecule has 140 valence electrons. The van der Waals surface area contributed by atoms with Crippen LogP contribution in [-0.4, -0.2) is 30.4 Å². The van der Waals surface area contributed by atoms with Gasteiger partial charge in [-0.3, -0.25) is 4.79 Å². The van der Waals surface area contributed by atoms with Crippen LogP contribution in [0.15, 0.2) is 54.1 Å². The molecular weight excluding hydrogens is 332 g/mol. The van der Waals surface area contributed by atoms with Crippen molar-refractivity contribution in [1.82, 2.24) is 4.90 Å². The first-order valence-electron chi connectivity index (χ1n) is 10.1. The minimum Gasteiger partial charge on any atom is -0.322 e. The monoisotopic (exact) mass is 360 g/mol. The van der Waals surface area contributed by atoms with Gasteiger partial charge in [-0.1, -0.05) is 42.0 Å². The molecule has 2 aromatic rings. The first-order valence-corrected chi connectivity index (χ1v) is 10.1. The maximum absolute atomic E-state index is 12.5. The molecular formula is C24H28N2O. The minimum atomic E-state index is -0.0584. The number of anilines is 1. The number of hydrogen-bond acceptors (Lipinski definition) is 2. The third-order valence-corrected chi connectivity index (χ3v) is 5.65. The molecule has 4 rings (SSSR count). The predicted octanol–water partition coefficient (Wildman–Crippen LogP) is 5.14. The molecule has 1 aliphatic heterocycles. The number of carbonyl (C=O) groups excluding carboxylic acids is 1. The van der Waals surface area contributed by atoms with Gasteiger partial charge in [0.1, 0.15) is 0 Å². The van der Waals surface area contributed by atoms with Crippen LogP contribution in [0.25, 0.3) is 6.08 Å². The van der Waals surface area contributed by atoms with Gasteiger partial charge in [0.05, 0.1) is 0 Å². The van der Waals surface area contributed by atoms with Gasteiger partial charge in [-0.05, 0) is 67.9 Å². The molecule has 27 heavy (non-hydrogen) atoms. The lowest BCUT2D eigenvalue weighted by molar-refractivity contribution is 0.102. The molecule has 0 unspecified atom stereocenters. The lowest BCUT2D eigenvalue weighted by Crippen LogP contribution is -2.32. The zero-order chi connectivity index (χ0) is 18.6. The fourth-order valence-electron chi connectivity index (χ4n) is 3.71. The maximum atomic E-state index is 12.5. The number of para-hydroxylation sites is 1. The van der Waals surface area contributed by atoms with Crippen LogP contribution >= 0.6 is 0 Å². The Morgan fingerprint density at radius 3 is 2.44 bits per heavy atom. The summed E-state index contributed by atoms with van der Waals surface area (Å²) in [6.45, 7) is 5.69. The molecule has 2 fully saturated rings. The fourth-order valence-corrected chi connectivity index (χ4v) is 3.71. The lowest BCUT2D eigenvalue weighted by atomic mass is 10.00.